The van der Waals surface area contributed by atoms with Crippen LogP contribution in [0.15, 0.2) is 66.7 Å². The molecule has 2 nitrogen and oxygen atoms in total. The van der Waals surface area contributed by atoms with E-state index in [1.165, 1.54) is 6.07 Å². The topological polar surface area (TPSA) is 29.1 Å². The molecule has 0 aliphatic heterocycles. The molecule has 1 aliphatic rings. The first-order valence-corrected chi connectivity index (χ1v) is 7.77. The van der Waals surface area contributed by atoms with E-state index in [1.54, 1.807) is 12.1 Å². The third-order valence-corrected chi connectivity index (χ3v) is 4.48. The molecular weight excluding hydrogens is 289 g/mol. The summed E-state index contributed by atoms with van der Waals surface area (Å²) in [5, 5.41) is 5.11. The highest BCUT2D eigenvalue weighted by atomic mass is 19.1. The van der Waals surface area contributed by atoms with E-state index in [-0.39, 0.29) is 23.6 Å². The number of benzene rings is 3. The average Bonchev–Trinajstić information content (AvgIpc) is 3.36. The van der Waals surface area contributed by atoms with Crippen molar-refractivity contribution in [2.24, 2.45) is 5.92 Å². The van der Waals surface area contributed by atoms with Gasteiger partial charge in [0.25, 0.3) is 0 Å². The fourth-order valence-electron chi connectivity index (χ4n) is 3.16. The molecule has 1 fully saturated rings. The molecule has 4 rings (SSSR count). The predicted molar refractivity (Wildman–Crippen MR) is 89.8 cm³/mol. The Bertz CT molecular complexity index is 884. The third-order valence-electron chi connectivity index (χ3n) is 4.48. The van der Waals surface area contributed by atoms with Gasteiger partial charge >= 0.3 is 0 Å². The molecule has 1 amide bonds. The van der Waals surface area contributed by atoms with E-state index >= 15 is 0 Å². The number of carbonyl (C=O) groups excluding carboxylic acids is 1. The lowest BCUT2D eigenvalue weighted by Gasteiger charge is -2.09. The van der Waals surface area contributed by atoms with Gasteiger partial charge in [-0.3, -0.25) is 4.79 Å². The summed E-state index contributed by atoms with van der Waals surface area (Å²) < 4.78 is 13.8. The van der Waals surface area contributed by atoms with E-state index in [0.29, 0.717) is 12.0 Å². The number of anilines is 1. The van der Waals surface area contributed by atoms with Crippen LogP contribution in [0.4, 0.5) is 10.1 Å². The number of carbonyl (C=O) groups is 1. The summed E-state index contributed by atoms with van der Waals surface area (Å²) in [7, 11) is 0. The molecule has 1 saturated carbocycles. The maximum Gasteiger partial charge on any atom is 0.228 e. The fraction of sp³-hybridized carbons (Fsp3) is 0.150. The number of hydrogen-bond donors (Lipinski definition) is 1. The number of fused-ring (bicyclic) bond motifs is 1. The Morgan fingerprint density at radius 3 is 2.57 bits per heavy atom. The van der Waals surface area contributed by atoms with Crippen LogP contribution in [0.25, 0.3) is 10.8 Å². The predicted octanol–water partition coefficient (Wildman–Crippen LogP) is 4.72. The Morgan fingerprint density at radius 1 is 0.957 bits per heavy atom. The molecule has 23 heavy (non-hydrogen) atoms. The number of halogens is 1. The molecule has 3 aromatic rings. The van der Waals surface area contributed by atoms with Crippen molar-refractivity contribution in [1.29, 1.82) is 0 Å². The Morgan fingerprint density at radius 2 is 1.70 bits per heavy atom. The Balaban J connectivity index is 1.54. The van der Waals surface area contributed by atoms with Crippen molar-refractivity contribution in [1.82, 2.24) is 0 Å². The molecule has 2 atom stereocenters. The van der Waals surface area contributed by atoms with Gasteiger partial charge in [0.2, 0.25) is 5.91 Å². The van der Waals surface area contributed by atoms with E-state index in [0.717, 1.165) is 16.5 Å². The van der Waals surface area contributed by atoms with Crippen LogP contribution in [0.5, 0.6) is 0 Å². The first kappa shape index (κ1) is 13.9. The van der Waals surface area contributed by atoms with Gasteiger partial charge in [-0.25, -0.2) is 4.39 Å². The fourth-order valence-corrected chi connectivity index (χ4v) is 3.16. The highest BCUT2D eigenvalue weighted by Gasteiger charge is 2.45. The summed E-state index contributed by atoms with van der Waals surface area (Å²) in [4.78, 5) is 12.5. The molecule has 2 unspecified atom stereocenters. The summed E-state index contributed by atoms with van der Waals surface area (Å²) in [6.45, 7) is 0. The van der Waals surface area contributed by atoms with Crippen LogP contribution in [0, 0.1) is 11.7 Å². The van der Waals surface area contributed by atoms with Gasteiger partial charge in [-0.15, -0.1) is 0 Å². The zero-order valence-corrected chi connectivity index (χ0v) is 12.5. The number of amides is 1. The maximum absolute atomic E-state index is 13.8. The first-order chi connectivity index (χ1) is 11.2. The molecule has 3 aromatic carbocycles. The quantitative estimate of drug-likeness (QED) is 0.745. The van der Waals surface area contributed by atoms with Crippen molar-refractivity contribution >= 4 is 22.4 Å². The van der Waals surface area contributed by atoms with Gasteiger partial charge in [-0.2, -0.15) is 0 Å². The minimum Gasteiger partial charge on any atom is -0.325 e. The van der Waals surface area contributed by atoms with Gasteiger partial charge in [0.05, 0.1) is 0 Å². The summed E-state index contributed by atoms with van der Waals surface area (Å²) in [6, 6.07) is 20.5. The van der Waals surface area contributed by atoms with Crippen LogP contribution in [0.2, 0.25) is 0 Å². The van der Waals surface area contributed by atoms with E-state index in [1.807, 2.05) is 48.5 Å². The second-order valence-electron chi connectivity index (χ2n) is 5.99. The lowest BCUT2D eigenvalue weighted by Crippen LogP contribution is -2.15. The number of rotatable bonds is 3. The molecule has 0 saturated heterocycles. The van der Waals surface area contributed by atoms with Crippen LogP contribution in [-0.2, 0) is 4.79 Å². The van der Waals surface area contributed by atoms with E-state index < -0.39 is 0 Å². The van der Waals surface area contributed by atoms with Crippen LogP contribution in [0.3, 0.4) is 0 Å². The van der Waals surface area contributed by atoms with Crippen molar-refractivity contribution < 1.29 is 9.18 Å². The Labute approximate surface area is 134 Å². The van der Waals surface area contributed by atoms with Gasteiger partial charge in [-0.05, 0) is 35.4 Å². The first-order valence-electron chi connectivity index (χ1n) is 7.77. The zero-order chi connectivity index (χ0) is 15.8. The summed E-state index contributed by atoms with van der Waals surface area (Å²) >= 11 is 0. The Hall–Kier alpha value is -2.68. The highest BCUT2D eigenvalue weighted by molar-refractivity contribution is 6.03. The minimum atomic E-state index is -0.224. The molecule has 1 N–H and O–H groups in total. The SMILES string of the molecule is O=C(Nc1cccc2ccccc12)C1CC1c1ccccc1F. The number of nitrogens with one attached hydrogen (secondary N) is 1. The molecule has 0 radical (unpaired) electrons. The normalized spacial score (nSPS) is 19.5. The molecule has 0 aromatic heterocycles. The van der Waals surface area contributed by atoms with E-state index in [4.69, 9.17) is 0 Å². The molecule has 3 heteroatoms. The van der Waals surface area contributed by atoms with E-state index in [9.17, 15) is 9.18 Å². The van der Waals surface area contributed by atoms with Gasteiger partial charge in [0.1, 0.15) is 5.82 Å². The maximum atomic E-state index is 13.8. The van der Waals surface area contributed by atoms with Crippen LogP contribution in [0.1, 0.15) is 17.9 Å². The summed E-state index contributed by atoms with van der Waals surface area (Å²) in [5.41, 5.74) is 1.46. The van der Waals surface area contributed by atoms with Gasteiger partial charge in [0, 0.05) is 17.0 Å². The molecule has 1 aliphatic carbocycles. The van der Waals surface area contributed by atoms with E-state index in [2.05, 4.69) is 5.32 Å². The van der Waals surface area contributed by atoms with Crippen molar-refractivity contribution in [3.63, 3.8) is 0 Å². The lowest BCUT2D eigenvalue weighted by molar-refractivity contribution is -0.117. The largest absolute Gasteiger partial charge is 0.325 e. The third kappa shape index (κ3) is 2.59. The average molecular weight is 305 g/mol. The van der Waals surface area contributed by atoms with Crippen LogP contribution < -0.4 is 5.32 Å². The monoisotopic (exact) mass is 305 g/mol. The van der Waals surface area contributed by atoms with Gasteiger partial charge in [0.15, 0.2) is 0 Å². The van der Waals surface area contributed by atoms with Crippen molar-refractivity contribution in [3.05, 3.63) is 78.1 Å². The summed E-state index contributed by atoms with van der Waals surface area (Å²) in [6.07, 6.45) is 0.706. The minimum absolute atomic E-state index is 0.00817. The lowest BCUT2D eigenvalue weighted by atomic mass is 10.1. The second kappa shape index (κ2) is 5.51. The van der Waals surface area contributed by atoms with Gasteiger partial charge in [-0.1, -0.05) is 54.6 Å². The van der Waals surface area contributed by atoms with Crippen molar-refractivity contribution in [2.45, 2.75) is 12.3 Å². The van der Waals surface area contributed by atoms with Gasteiger partial charge < -0.3 is 5.32 Å². The molecule has 114 valence electrons. The smallest absolute Gasteiger partial charge is 0.228 e. The Kier molecular flexibility index (Phi) is 3.34. The van der Waals surface area contributed by atoms with Crippen LogP contribution in [-0.4, -0.2) is 5.91 Å². The molecule has 0 bridgehead atoms. The summed E-state index contributed by atoms with van der Waals surface area (Å²) in [5.74, 6) is -0.412. The van der Waals surface area contributed by atoms with Crippen molar-refractivity contribution in [3.8, 4) is 0 Å². The molecular formula is C20H16FNO. The molecule has 0 spiro atoms. The molecule has 0 heterocycles. The number of hydrogen-bond acceptors (Lipinski definition) is 1. The highest BCUT2D eigenvalue weighted by Crippen LogP contribution is 2.48. The standard InChI is InChI=1S/C20H16FNO/c21-18-10-4-3-9-15(18)16-12-17(16)20(23)22-19-11-5-7-13-6-1-2-8-14(13)19/h1-11,16-17H,12H2,(H,22,23). The second-order valence-corrected chi connectivity index (χ2v) is 5.99. The van der Waals surface area contributed by atoms with Crippen LogP contribution >= 0.6 is 0 Å². The van der Waals surface area contributed by atoms with Crippen molar-refractivity contribution in [2.75, 3.05) is 5.32 Å². The zero-order valence-electron chi connectivity index (χ0n) is 12.5.